The van der Waals surface area contributed by atoms with Gasteiger partial charge in [-0.25, -0.2) is 0 Å². The van der Waals surface area contributed by atoms with Crippen molar-refractivity contribution in [3.05, 3.63) is 428 Å². The maximum absolute atomic E-state index is 6.49. The summed E-state index contributed by atoms with van der Waals surface area (Å²) in [7, 11) is -2.66. The number of hydrogen-bond donors (Lipinski definition) is 0. The number of para-hydroxylation sites is 7. The first-order chi connectivity index (χ1) is 54.1. The van der Waals surface area contributed by atoms with E-state index in [2.05, 4.69) is 410 Å². The first-order valence-corrected chi connectivity index (χ1v) is 44.8. The van der Waals surface area contributed by atoms with E-state index < -0.39 is 14.8 Å². The largest absolute Gasteiger partial charge is 1.00 e. The molecule has 0 bridgehead atoms. The summed E-state index contributed by atoms with van der Waals surface area (Å²) >= 11 is 20.4. The summed E-state index contributed by atoms with van der Waals surface area (Å²) in [5.41, 5.74) is 18.8. The minimum absolute atomic E-state index is 0. The van der Waals surface area contributed by atoms with Gasteiger partial charge in [0.1, 0.15) is 0 Å². The second kappa shape index (κ2) is 34.3. The van der Waals surface area contributed by atoms with Gasteiger partial charge in [-0.1, -0.05) is 327 Å². The van der Waals surface area contributed by atoms with Crippen LogP contribution < -0.4 is 59.8 Å². The monoisotopic (exact) mass is 1620 g/mol. The third-order valence-electron chi connectivity index (χ3n) is 20.5. The number of aromatic nitrogens is 2. The minimum Gasteiger partial charge on any atom is -0.343 e. The average molecular weight is 1630 g/mol. The summed E-state index contributed by atoms with van der Waals surface area (Å²) in [6.07, 6.45) is 2.28. The maximum atomic E-state index is 6.49. The van der Waals surface area contributed by atoms with E-state index in [9.17, 15) is 0 Å². The molecule has 0 amide bonds. The molecular weight excluding hydrogens is 1550 g/mol. The molecule has 1 aliphatic heterocycles. The van der Waals surface area contributed by atoms with Gasteiger partial charge >= 0.3 is 25.6 Å². The summed E-state index contributed by atoms with van der Waals surface area (Å²) in [6.45, 7) is 3.21. The zero-order chi connectivity index (χ0) is 75.0. The molecule has 0 atom stereocenters. The van der Waals surface area contributed by atoms with Crippen molar-refractivity contribution in [1.29, 1.82) is 0 Å². The Morgan fingerprint density at radius 1 is 0.342 bits per heavy atom. The van der Waals surface area contributed by atoms with Gasteiger partial charge in [0.2, 0.25) is 0 Å². The number of rotatable bonds is 13. The van der Waals surface area contributed by atoms with Crippen molar-refractivity contribution >= 4 is 178 Å². The van der Waals surface area contributed by atoms with Crippen LogP contribution in [-0.2, 0) is 0 Å². The van der Waals surface area contributed by atoms with Crippen LogP contribution in [-0.4, -0.2) is 23.9 Å². The van der Waals surface area contributed by atoms with Crippen LogP contribution in [0.3, 0.4) is 0 Å². The number of halogens is 4. The maximum Gasteiger partial charge on any atom is 1.00 e. The molecule has 534 valence electrons. The second-order valence-electron chi connectivity index (χ2n) is 27.2. The molecule has 1 aliphatic rings. The van der Waals surface area contributed by atoms with Gasteiger partial charge in [-0.2, -0.15) is 6.42 Å². The van der Waals surface area contributed by atoms with Gasteiger partial charge in [-0.15, -0.1) is 22.2 Å². The number of benzene rings is 16. The van der Waals surface area contributed by atoms with Crippen LogP contribution in [0.15, 0.2) is 421 Å². The SMILES string of the molecule is Brc1cccc(N(c2cccc(-c3cccc(-n4c5ccccc5c5ccccc54)c3)c2)c2ccccc2Br)c1.Cl[Si](Cl)(c1ccccc1)c1ccccc1.[CH2-]CCC.[Li+].c1ccc([Si]2(c3ccccc3)c3ccccc3N(c3cccc(-c4cccc(-n5c6ccccc6c6ccccc65)c4)c3)c3ccccc32)cc1. The molecule has 0 radical (unpaired) electrons. The fraction of sp³-hybridized carbons (Fsp3) is 0.0300. The van der Waals surface area contributed by atoms with Gasteiger partial charge in [0, 0.05) is 70.3 Å². The molecule has 0 fully saturated rings. The third-order valence-corrected chi connectivity index (χ3v) is 31.3. The Hall–Kier alpha value is -10.7. The fourth-order valence-electron chi connectivity index (χ4n) is 15.5. The summed E-state index contributed by atoms with van der Waals surface area (Å²) < 4.78 is 6.84. The summed E-state index contributed by atoms with van der Waals surface area (Å²) in [4.78, 5) is 4.78. The first kappa shape index (κ1) is 75.7. The van der Waals surface area contributed by atoms with E-state index in [4.69, 9.17) is 22.2 Å². The van der Waals surface area contributed by atoms with E-state index >= 15 is 0 Å². The molecule has 0 N–H and O–H groups in total. The van der Waals surface area contributed by atoms with Gasteiger partial charge in [-0.05, 0) is 185 Å². The average Bonchev–Trinajstić information content (AvgIpc) is 1.68. The molecule has 19 rings (SSSR count). The van der Waals surface area contributed by atoms with Crippen molar-refractivity contribution in [1.82, 2.24) is 9.13 Å². The molecule has 18 aromatic rings. The van der Waals surface area contributed by atoms with Crippen LogP contribution in [0.1, 0.15) is 19.8 Å². The van der Waals surface area contributed by atoms with Crippen LogP contribution in [0.5, 0.6) is 0 Å². The molecule has 2 aromatic heterocycles. The number of hydrogen-bond acceptors (Lipinski definition) is 2. The van der Waals surface area contributed by atoms with E-state index in [1.165, 1.54) is 98.8 Å². The molecule has 111 heavy (non-hydrogen) atoms. The van der Waals surface area contributed by atoms with Crippen molar-refractivity contribution in [3.8, 4) is 33.6 Å². The normalized spacial score (nSPS) is 11.9. The van der Waals surface area contributed by atoms with E-state index in [-0.39, 0.29) is 18.9 Å². The van der Waals surface area contributed by atoms with Crippen molar-refractivity contribution < 1.29 is 18.9 Å². The van der Waals surface area contributed by atoms with Gasteiger partial charge in [0.05, 0.1) is 27.8 Å². The molecular formula is C100H77Br2Cl2LiN4Si2. The van der Waals surface area contributed by atoms with Crippen LogP contribution in [0.4, 0.5) is 34.1 Å². The van der Waals surface area contributed by atoms with Crippen LogP contribution in [0.2, 0.25) is 0 Å². The summed E-state index contributed by atoms with van der Waals surface area (Å²) in [5.74, 6) is 0. The van der Waals surface area contributed by atoms with Gasteiger partial charge in [-0.3, -0.25) is 0 Å². The molecule has 0 unspecified atom stereocenters. The molecule has 3 heterocycles. The van der Waals surface area contributed by atoms with Crippen molar-refractivity contribution in [2.24, 2.45) is 0 Å². The fourth-order valence-corrected chi connectivity index (χ4v) is 24.5. The number of nitrogens with zero attached hydrogens (tertiary/aromatic N) is 4. The van der Waals surface area contributed by atoms with Gasteiger partial charge < -0.3 is 25.9 Å². The number of unbranched alkanes of at least 4 members (excludes halogenated alkanes) is 1. The van der Waals surface area contributed by atoms with Crippen LogP contribution >= 0.6 is 54.0 Å². The standard InChI is InChI=1S/C48H34N2Si.C36H24Br2N2.C12H10Cl2Si.C4H9.Li/c1-3-21-39(22-4-1)51(40-23-5-2-6-24-40)47-31-13-11-29-45(47)50(46-30-12-14-32-48(46)51)38-20-16-18-36(34-38)35-17-15-19-37(33-35)49-43-27-9-7-25-41(43)42-26-8-10-28-44(42)49;37-27-12-9-15-30(24-27)39(36-21-6-3-18-33(36)38)28-13-7-10-25(22-28)26-11-8-14-29(23-26)40-34-19-4-1-16-31(34)32-17-2-5-20-35(32)40;13-15(14,11-7-3-1-4-8-11)12-9-5-2-6-10-12;1-3-4-2;/h1-34H;1-24H;1-10H;1,3-4H2,2H3;/q;;;-1;+1. The predicted molar refractivity (Wildman–Crippen MR) is 484 cm³/mol. The Morgan fingerprint density at radius 2 is 0.676 bits per heavy atom. The Morgan fingerprint density at radius 3 is 1.10 bits per heavy atom. The molecule has 0 aliphatic carbocycles. The Labute approximate surface area is 691 Å². The second-order valence-corrected chi connectivity index (χ2v) is 39.0. The van der Waals surface area contributed by atoms with Crippen molar-refractivity contribution in [2.45, 2.75) is 19.8 Å². The zero-order valence-electron chi connectivity index (χ0n) is 61.7. The molecule has 4 nitrogen and oxygen atoms in total. The molecule has 11 heteroatoms. The summed E-state index contributed by atoms with van der Waals surface area (Å²) in [5, 5.41) is 12.7. The predicted octanol–water partition coefficient (Wildman–Crippen LogP) is 22.4. The smallest absolute Gasteiger partial charge is 0.343 e. The van der Waals surface area contributed by atoms with E-state index in [0.29, 0.717) is 0 Å². The van der Waals surface area contributed by atoms with Crippen LogP contribution in [0, 0.1) is 6.92 Å². The molecule has 0 spiro atoms. The molecule has 0 saturated heterocycles. The van der Waals surface area contributed by atoms with Gasteiger partial charge in [0.25, 0.3) is 0 Å². The van der Waals surface area contributed by atoms with Crippen molar-refractivity contribution in [3.63, 3.8) is 0 Å². The number of anilines is 6. The van der Waals surface area contributed by atoms with Crippen LogP contribution in [0.25, 0.3) is 77.2 Å². The summed E-state index contributed by atoms with van der Waals surface area (Å²) in [6, 6.07) is 147. The topological polar surface area (TPSA) is 16.3 Å². The molecule has 16 aromatic carbocycles. The minimum atomic E-state index is -2.66. The van der Waals surface area contributed by atoms with Crippen molar-refractivity contribution in [2.75, 3.05) is 9.80 Å². The zero-order valence-corrected chi connectivity index (χ0v) is 68.4. The quantitative estimate of drug-likeness (QED) is 0.0650. The first-order valence-electron chi connectivity index (χ1n) is 37.2. The Kier molecular flexibility index (Phi) is 23.4. The Bertz CT molecular complexity index is 6020. The Balaban J connectivity index is 0.000000144. The third kappa shape index (κ3) is 15.1. The van der Waals surface area contributed by atoms with E-state index in [1.54, 1.807) is 0 Å². The van der Waals surface area contributed by atoms with Gasteiger partial charge in [0.15, 0.2) is 8.07 Å². The number of fused-ring (bicyclic) bond motifs is 8. The van der Waals surface area contributed by atoms with E-state index in [0.717, 1.165) is 65.4 Å². The molecule has 0 saturated carbocycles. The van der Waals surface area contributed by atoms with E-state index in [1.807, 2.05) is 66.7 Å².